The third-order valence-electron chi connectivity index (χ3n) is 1.72. The van der Waals surface area contributed by atoms with Crippen LogP contribution >= 0.6 is 27.3 Å². The number of hydrogen-bond donors (Lipinski definition) is 1. The fraction of sp³-hybridized carbons (Fsp3) is 0. The van der Waals surface area contributed by atoms with Gasteiger partial charge >= 0.3 is 0 Å². The molecular formula is C9H5BrO2S. The molecule has 0 amide bonds. The largest absolute Gasteiger partial charge is 0.499 e. The van der Waals surface area contributed by atoms with E-state index in [0.29, 0.717) is 5.56 Å². The summed E-state index contributed by atoms with van der Waals surface area (Å²) in [5.74, 6) is 0. The molecule has 1 aromatic heterocycles. The van der Waals surface area contributed by atoms with Crippen LogP contribution < -0.4 is 0 Å². The zero-order valence-corrected chi connectivity index (χ0v) is 8.85. The summed E-state index contributed by atoms with van der Waals surface area (Å²) in [6.45, 7) is 0. The molecule has 1 aromatic carbocycles. The second-order valence-electron chi connectivity index (χ2n) is 2.62. The van der Waals surface area contributed by atoms with Crippen molar-refractivity contribution in [1.82, 2.24) is 0 Å². The van der Waals surface area contributed by atoms with Crippen molar-refractivity contribution in [3.05, 3.63) is 28.2 Å². The summed E-state index contributed by atoms with van der Waals surface area (Å²) in [6, 6.07) is 5.15. The Kier molecular flexibility index (Phi) is 2.09. The predicted octanol–water partition coefficient (Wildman–Crippen LogP) is 3.18. The number of rotatable bonds is 1. The molecule has 0 aliphatic carbocycles. The van der Waals surface area contributed by atoms with Gasteiger partial charge in [0.25, 0.3) is 0 Å². The minimum absolute atomic E-state index is 0.263. The average molecular weight is 257 g/mol. The van der Waals surface area contributed by atoms with Crippen LogP contribution in [0.3, 0.4) is 0 Å². The predicted molar refractivity (Wildman–Crippen MR) is 56.6 cm³/mol. The Hall–Kier alpha value is -0.870. The maximum absolute atomic E-state index is 10.5. The van der Waals surface area contributed by atoms with Gasteiger partial charge < -0.3 is 5.11 Å². The number of halogens is 1. The van der Waals surface area contributed by atoms with E-state index in [1.165, 1.54) is 11.3 Å². The van der Waals surface area contributed by atoms with Crippen molar-refractivity contribution in [2.24, 2.45) is 0 Å². The van der Waals surface area contributed by atoms with Crippen molar-refractivity contribution in [2.75, 3.05) is 0 Å². The van der Waals surface area contributed by atoms with Crippen molar-refractivity contribution >= 4 is 43.6 Å². The maximum atomic E-state index is 10.5. The first-order valence-corrected chi connectivity index (χ1v) is 5.19. The second kappa shape index (κ2) is 3.12. The smallest absolute Gasteiger partial charge is 0.172 e. The molecule has 2 aromatic rings. The van der Waals surface area contributed by atoms with Gasteiger partial charge in [-0.2, -0.15) is 0 Å². The van der Waals surface area contributed by atoms with E-state index in [2.05, 4.69) is 15.9 Å². The summed E-state index contributed by atoms with van der Waals surface area (Å²) in [4.78, 5) is 10.5. The third kappa shape index (κ3) is 1.47. The molecule has 0 saturated heterocycles. The lowest BCUT2D eigenvalue weighted by Gasteiger charge is -1.94. The summed E-state index contributed by atoms with van der Waals surface area (Å²) in [5.41, 5.74) is 0.608. The van der Waals surface area contributed by atoms with Gasteiger partial charge in [-0.15, -0.1) is 0 Å². The van der Waals surface area contributed by atoms with Gasteiger partial charge in [-0.25, -0.2) is 0 Å². The molecule has 0 aliphatic rings. The minimum Gasteiger partial charge on any atom is -0.499 e. The van der Waals surface area contributed by atoms with Gasteiger partial charge in [0.1, 0.15) is 6.29 Å². The Morgan fingerprint density at radius 1 is 1.38 bits per heavy atom. The van der Waals surface area contributed by atoms with Crippen molar-refractivity contribution in [3.8, 4) is 5.06 Å². The molecular weight excluding hydrogens is 252 g/mol. The highest BCUT2D eigenvalue weighted by atomic mass is 79.9. The number of hydrogen-bond acceptors (Lipinski definition) is 3. The first-order chi connectivity index (χ1) is 6.20. The fourth-order valence-corrected chi connectivity index (χ4v) is 2.71. The summed E-state index contributed by atoms with van der Waals surface area (Å²) in [7, 11) is 0. The average Bonchev–Trinajstić information content (AvgIpc) is 2.46. The summed E-state index contributed by atoms with van der Waals surface area (Å²) in [5, 5.41) is 10.4. The zero-order valence-electron chi connectivity index (χ0n) is 6.45. The van der Waals surface area contributed by atoms with Gasteiger partial charge in [-0.1, -0.05) is 11.3 Å². The molecule has 1 N–H and O–H groups in total. The lowest BCUT2D eigenvalue weighted by Crippen LogP contribution is -1.78. The van der Waals surface area contributed by atoms with E-state index in [1.54, 1.807) is 18.2 Å². The Balaban J connectivity index is 2.82. The minimum atomic E-state index is 0.263. The van der Waals surface area contributed by atoms with Crippen molar-refractivity contribution in [1.29, 1.82) is 0 Å². The zero-order chi connectivity index (χ0) is 9.42. The topological polar surface area (TPSA) is 37.3 Å². The first kappa shape index (κ1) is 8.72. The number of carbonyl (C=O) groups is 1. The van der Waals surface area contributed by atoms with Gasteiger partial charge in [0.05, 0.1) is 4.70 Å². The van der Waals surface area contributed by atoms with Crippen LogP contribution in [-0.2, 0) is 0 Å². The molecule has 0 bridgehead atoms. The Labute approximate surface area is 86.9 Å². The number of fused-ring (bicyclic) bond motifs is 1. The fourth-order valence-electron chi connectivity index (χ4n) is 1.19. The van der Waals surface area contributed by atoms with Crippen LogP contribution in [0.15, 0.2) is 22.7 Å². The molecule has 13 heavy (non-hydrogen) atoms. The normalized spacial score (nSPS) is 10.5. The lowest BCUT2D eigenvalue weighted by atomic mass is 10.2. The van der Waals surface area contributed by atoms with E-state index >= 15 is 0 Å². The number of carbonyl (C=O) groups excluding carboxylic acids is 1. The standard InChI is InChI=1S/C9H5BrO2S/c10-7-2-5(4-11)1-6-3-8(12)13-9(6)7/h1-4,12H. The molecule has 0 unspecified atom stereocenters. The van der Waals surface area contributed by atoms with E-state index in [9.17, 15) is 9.90 Å². The highest BCUT2D eigenvalue weighted by Gasteiger charge is 2.05. The molecule has 0 saturated carbocycles. The number of aromatic hydroxyl groups is 1. The molecule has 1 heterocycles. The van der Waals surface area contributed by atoms with Crippen LogP contribution in [0.4, 0.5) is 0 Å². The first-order valence-electron chi connectivity index (χ1n) is 3.58. The molecule has 0 fully saturated rings. The monoisotopic (exact) mass is 256 g/mol. The SMILES string of the molecule is O=Cc1cc(Br)c2sc(O)cc2c1. The van der Waals surface area contributed by atoms with E-state index in [0.717, 1.165) is 20.8 Å². The number of aldehydes is 1. The van der Waals surface area contributed by atoms with Crippen LogP contribution in [0.1, 0.15) is 10.4 Å². The van der Waals surface area contributed by atoms with Gasteiger partial charge in [0, 0.05) is 10.0 Å². The quantitative estimate of drug-likeness (QED) is 0.796. The van der Waals surface area contributed by atoms with Crippen LogP contribution in [0.2, 0.25) is 0 Å². The molecule has 4 heteroatoms. The highest BCUT2D eigenvalue weighted by Crippen LogP contribution is 2.36. The van der Waals surface area contributed by atoms with E-state index in [4.69, 9.17) is 0 Å². The van der Waals surface area contributed by atoms with Gasteiger partial charge in [0.15, 0.2) is 5.06 Å². The maximum Gasteiger partial charge on any atom is 0.172 e. The summed E-state index contributed by atoms with van der Waals surface area (Å²) >= 11 is 4.63. The van der Waals surface area contributed by atoms with Crippen LogP contribution in [-0.4, -0.2) is 11.4 Å². The number of thiophene rings is 1. The molecule has 0 radical (unpaired) electrons. The van der Waals surface area contributed by atoms with E-state index < -0.39 is 0 Å². The highest BCUT2D eigenvalue weighted by molar-refractivity contribution is 9.10. The molecule has 0 spiro atoms. The van der Waals surface area contributed by atoms with E-state index in [1.807, 2.05) is 0 Å². The van der Waals surface area contributed by atoms with Gasteiger partial charge in [-0.05, 0) is 39.5 Å². The third-order valence-corrected chi connectivity index (χ3v) is 3.59. The Morgan fingerprint density at radius 2 is 2.15 bits per heavy atom. The molecule has 2 rings (SSSR count). The Bertz CT molecular complexity index is 476. The van der Waals surface area contributed by atoms with Crippen molar-refractivity contribution in [3.63, 3.8) is 0 Å². The molecule has 0 atom stereocenters. The van der Waals surface area contributed by atoms with Gasteiger partial charge in [0.2, 0.25) is 0 Å². The van der Waals surface area contributed by atoms with Gasteiger partial charge in [-0.3, -0.25) is 4.79 Å². The second-order valence-corrected chi connectivity index (χ2v) is 4.51. The van der Waals surface area contributed by atoms with Crippen molar-refractivity contribution in [2.45, 2.75) is 0 Å². The molecule has 2 nitrogen and oxygen atoms in total. The van der Waals surface area contributed by atoms with Crippen molar-refractivity contribution < 1.29 is 9.90 Å². The lowest BCUT2D eigenvalue weighted by molar-refractivity contribution is 0.112. The summed E-state index contributed by atoms with van der Waals surface area (Å²) in [6.07, 6.45) is 0.791. The molecule has 0 aliphatic heterocycles. The Morgan fingerprint density at radius 3 is 2.85 bits per heavy atom. The van der Waals surface area contributed by atoms with Crippen LogP contribution in [0, 0.1) is 0 Å². The van der Waals surface area contributed by atoms with E-state index in [-0.39, 0.29) is 5.06 Å². The molecule has 66 valence electrons. The summed E-state index contributed by atoms with van der Waals surface area (Å²) < 4.78 is 1.81. The van der Waals surface area contributed by atoms with Crippen LogP contribution in [0.5, 0.6) is 5.06 Å². The van der Waals surface area contributed by atoms with Crippen LogP contribution in [0.25, 0.3) is 10.1 Å². The number of benzene rings is 1.